The smallest absolute Gasteiger partial charge is 0.329 e. The molecule has 1 fully saturated rings. The summed E-state index contributed by atoms with van der Waals surface area (Å²) in [5.74, 6) is 0.135. The van der Waals surface area contributed by atoms with E-state index in [1.165, 1.54) is 22.4 Å². The monoisotopic (exact) mass is 432 g/mol. The number of aliphatic carboxylic acids is 1. The number of ether oxygens (including phenoxy) is 1. The average Bonchev–Trinajstić information content (AvgIpc) is 3.19. The second-order valence-electron chi connectivity index (χ2n) is 8.73. The minimum Gasteiger partial charge on any atom is -0.480 e. The highest BCUT2D eigenvalue weighted by atomic mass is 16.5. The lowest BCUT2D eigenvalue weighted by Gasteiger charge is -2.28. The Hall–Kier alpha value is -2.92. The molecule has 1 aromatic heterocycles. The molecule has 0 spiro atoms. The van der Waals surface area contributed by atoms with Crippen molar-refractivity contribution in [3.63, 3.8) is 0 Å². The lowest BCUT2D eigenvalue weighted by Crippen LogP contribution is -2.23. The molecule has 4 rings (SSSR count). The molecule has 5 nitrogen and oxygen atoms in total. The van der Waals surface area contributed by atoms with Crippen molar-refractivity contribution in [2.45, 2.75) is 45.6 Å². The van der Waals surface area contributed by atoms with E-state index in [4.69, 9.17) is 14.9 Å². The first-order chi connectivity index (χ1) is 15.7. The zero-order chi connectivity index (χ0) is 22.3. The van der Waals surface area contributed by atoms with Gasteiger partial charge in [0.25, 0.3) is 0 Å². The molecule has 0 saturated heterocycles. The minimum absolute atomic E-state index is 0.199. The number of hydrogen-bond donors (Lipinski definition) is 1. The number of benzene rings is 2. The van der Waals surface area contributed by atoms with Gasteiger partial charge in [0.15, 0.2) is 0 Å². The first-order valence-electron chi connectivity index (χ1n) is 11.7. The first kappa shape index (κ1) is 22.3. The molecular formula is C27H32N2O3. The lowest BCUT2D eigenvalue weighted by atomic mass is 9.82. The van der Waals surface area contributed by atoms with E-state index in [-0.39, 0.29) is 6.61 Å². The van der Waals surface area contributed by atoms with Gasteiger partial charge in [-0.3, -0.25) is 4.68 Å². The van der Waals surface area contributed by atoms with Gasteiger partial charge in [0.1, 0.15) is 6.61 Å². The number of aromatic nitrogens is 2. The van der Waals surface area contributed by atoms with Crippen molar-refractivity contribution in [2.75, 3.05) is 13.2 Å². The lowest BCUT2D eigenvalue weighted by molar-refractivity contribution is -0.142. The summed E-state index contributed by atoms with van der Waals surface area (Å²) in [6, 6.07) is 21.2. The van der Waals surface area contributed by atoms with E-state index in [1.807, 2.05) is 0 Å². The summed E-state index contributed by atoms with van der Waals surface area (Å²) in [6.07, 6.45) is 5.30. The molecular weight excluding hydrogens is 400 g/mol. The number of carbonyl (C=O) groups is 1. The van der Waals surface area contributed by atoms with Crippen LogP contribution in [0.4, 0.5) is 0 Å². The third-order valence-corrected chi connectivity index (χ3v) is 6.45. The van der Waals surface area contributed by atoms with Gasteiger partial charge in [-0.05, 0) is 49.5 Å². The highest BCUT2D eigenvalue weighted by molar-refractivity contribution is 5.83. The van der Waals surface area contributed by atoms with Crippen LogP contribution < -0.4 is 0 Å². The average molecular weight is 433 g/mol. The van der Waals surface area contributed by atoms with Crippen molar-refractivity contribution in [2.24, 2.45) is 11.8 Å². The maximum absolute atomic E-state index is 10.7. The van der Waals surface area contributed by atoms with E-state index in [2.05, 4.69) is 72.3 Å². The highest BCUT2D eigenvalue weighted by Crippen LogP contribution is 2.37. The number of carboxylic acid groups (broad SMARTS) is 1. The summed E-state index contributed by atoms with van der Waals surface area (Å²) >= 11 is 0. The van der Waals surface area contributed by atoms with Crippen LogP contribution in [-0.4, -0.2) is 34.1 Å². The van der Waals surface area contributed by atoms with E-state index in [0.29, 0.717) is 18.4 Å². The molecule has 0 atom stereocenters. The Morgan fingerprint density at radius 3 is 2.16 bits per heavy atom. The normalized spacial score (nSPS) is 18.5. The number of rotatable bonds is 9. The van der Waals surface area contributed by atoms with Gasteiger partial charge in [-0.1, -0.05) is 67.6 Å². The van der Waals surface area contributed by atoms with Crippen molar-refractivity contribution < 1.29 is 14.6 Å². The van der Waals surface area contributed by atoms with E-state index in [9.17, 15) is 4.79 Å². The molecule has 0 unspecified atom stereocenters. The van der Waals surface area contributed by atoms with Crippen molar-refractivity contribution in [3.8, 4) is 22.4 Å². The maximum Gasteiger partial charge on any atom is 0.329 e. The Bertz CT molecular complexity index is 1010. The molecule has 1 saturated carbocycles. The van der Waals surface area contributed by atoms with Gasteiger partial charge in [-0.2, -0.15) is 5.10 Å². The standard InChI is InChI=1S/C27H32N2O3/c1-2-24-26(22-9-5-3-6-10-22)27(23-11-7-4-8-12-23)29(28-24)17-20-13-15-21(16-14-20)18-32-19-25(30)31/h3-12,20-21H,2,13-19H2,1H3,(H,30,31)/t20-,21-. The van der Waals surface area contributed by atoms with Crippen LogP contribution in [-0.2, 0) is 22.5 Å². The molecule has 168 valence electrons. The van der Waals surface area contributed by atoms with Crippen molar-refractivity contribution in [3.05, 3.63) is 66.4 Å². The molecule has 32 heavy (non-hydrogen) atoms. The molecule has 3 aromatic rings. The molecule has 5 heteroatoms. The summed E-state index contributed by atoms with van der Waals surface area (Å²) in [5, 5.41) is 13.9. The second kappa shape index (κ2) is 10.6. The van der Waals surface area contributed by atoms with Gasteiger partial charge < -0.3 is 9.84 Å². The van der Waals surface area contributed by atoms with Gasteiger partial charge in [-0.15, -0.1) is 0 Å². The fourth-order valence-corrected chi connectivity index (χ4v) is 4.83. The molecule has 0 amide bonds. The Balaban J connectivity index is 1.56. The van der Waals surface area contributed by atoms with Crippen LogP contribution in [0.2, 0.25) is 0 Å². The van der Waals surface area contributed by atoms with Crippen LogP contribution in [0, 0.1) is 11.8 Å². The molecule has 1 aliphatic rings. The van der Waals surface area contributed by atoms with Crippen LogP contribution in [0.5, 0.6) is 0 Å². The van der Waals surface area contributed by atoms with Crippen molar-refractivity contribution in [1.29, 1.82) is 0 Å². The quantitative estimate of drug-likeness (QED) is 0.472. The third-order valence-electron chi connectivity index (χ3n) is 6.45. The van der Waals surface area contributed by atoms with Gasteiger partial charge in [-0.25, -0.2) is 4.79 Å². The maximum atomic E-state index is 10.7. The van der Waals surface area contributed by atoms with E-state index in [1.54, 1.807) is 0 Å². The van der Waals surface area contributed by atoms with Crippen molar-refractivity contribution in [1.82, 2.24) is 9.78 Å². The molecule has 1 heterocycles. The highest BCUT2D eigenvalue weighted by Gasteiger charge is 2.25. The SMILES string of the molecule is CCc1nn(C[C@H]2CC[C@H](COCC(=O)O)CC2)c(-c2ccccc2)c1-c1ccccc1. The summed E-state index contributed by atoms with van der Waals surface area (Å²) in [5.41, 5.74) is 6.02. The Morgan fingerprint density at radius 1 is 0.969 bits per heavy atom. The van der Waals surface area contributed by atoms with Crippen molar-refractivity contribution >= 4 is 5.97 Å². The summed E-state index contributed by atoms with van der Waals surface area (Å²) in [4.78, 5) is 10.7. The van der Waals surface area contributed by atoms with Gasteiger partial charge in [0.05, 0.1) is 18.0 Å². The van der Waals surface area contributed by atoms with Crippen LogP contribution in [0.15, 0.2) is 60.7 Å². The van der Waals surface area contributed by atoms with E-state index < -0.39 is 5.97 Å². The number of carboxylic acids is 1. The summed E-state index contributed by atoms with van der Waals surface area (Å²) in [7, 11) is 0. The number of hydrogen-bond acceptors (Lipinski definition) is 3. The Morgan fingerprint density at radius 2 is 1.56 bits per heavy atom. The van der Waals surface area contributed by atoms with Gasteiger partial charge in [0, 0.05) is 17.7 Å². The predicted molar refractivity (Wildman–Crippen MR) is 126 cm³/mol. The fourth-order valence-electron chi connectivity index (χ4n) is 4.83. The van der Waals surface area contributed by atoms with Crippen LogP contribution in [0.1, 0.15) is 38.3 Å². The zero-order valence-corrected chi connectivity index (χ0v) is 18.7. The largest absolute Gasteiger partial charge is 0.480 e. The molecule has 0 radical (unpaired) electrons. The molecule has 2 aromatic carbocycles. The number of aryl methyl sites for hydroxylation is 1. The van der Waals surface area contributed by atoms with Gasteiger partial charge in [0.2, 0.25) is 0 Å². The van der Waals surface area contributed by atoms with E-state index in [0.717, 1.165) is 44.3 Å². The first-order valence-corrected chi connectivity index (χ1v) is 11.7. The molecule has 1 N–H and O–H groups in total. The topological polar surface area (TPSA) is 64.4 Å². The zero-order valence-electron chi connectivity index (χ0n) is 18.7. The van der Waals surface area contributed by atoms with Crippen LogP contribution >= 0.6 is 0 Å². The van der Waals surface area contributed by atoms with E-state index >= 15 is 0 Å². The Kier molecular flexibility index (Phi) is 7.38. The minimum atomic E-state index is -0.897. The summed E-state index contributed by atoms with van der Waals surface area (Å²) in [6.45, 7) is 3.44. The number of nitrogens with zero attached hydrogens (tertiary/aromatic N) is 2. The molecule has 0 aliphatic heterocycles. The Labute approximate surface area is 190 Å². The van der Waals surface area contributed by atoms with Crippen LogP contribution in [0.25, 0.3) is 22.4 Å². The van der Waals surface area contributed by atoms with Gasteiger partial charge >= 0.3 is 5.97 Å². The van der Waals surface area contributed by atoms with Crippen LogP contribution in [0.3, 0.4) is 0 Å². The second-order valence-corrected chi connectivity index (χ2v) is 8.73. The third kappa shape index (κ3) is 5.28. The summed E-state index contributed by atoms with van der Waals surface area (Å²) < 4.78 is 7.57. The molecule has 0 bridgehead atoms. The fraction of sp³-hybridized carbons (Fsp3) is 0.407. The molecule has 1 aliphatic carbocycles. The predicted octanol–water partition coefficient (Wildman–Crippen LogP) is 5.69.